The Hall–Kier alpha value is -2.04. The number of aliphatic hydroxyl groups is 1. The predicted molar refractivity (Wildman–Crippen MR) is 90.0 cm³/mol. The van der Waals surface area contributed by atoms with Crippen molar-refractivity contribution in [2.24, 2.45) is 0 Å². The van der Waals surface area contributed by atoms with E-state index < -0.39 is 6.10 Å². The van der Waals surface area contributed by atoms with Crippen molar-refractivity contribution in [1.29, 1.82) is 0 Å². The van der Waals surface area contributed by atoms with E-state index in [0.717, 1.165) is 30.0 Å². The first kappa shape index (κ1) is 15.8. The first-order chi connectivity index (χ1) is 11.2. The summed E-state index contributed by atoms with van der Waals surface area (Å²) in [5.74, 6) is 1.49. The van der Waals surface area contributed by atoms with Crippen LogP contribution in [-0.4, -0.2) is 43.4 Å². The van der Waals surface area contributed by atoms with Crippen molar-refractivity contribution in [3.8, 4) is 11.5 Å². The van der Waals surface area contributed by atoms with Crippen molar-refractivity contribution in [3.05, 3.63) is 59.7 Å². The average Bonchev–Trinajstić information content (AvgIpc) is 2.92. The van der Waals surface area contributed by atoms with E-state index in [9.17, 15) is 5.11 Å². The van der Waals surface area contributed by atoms with Crippen LogP contribution >= 0.6 is 0 Å². The number of nitrogens with zero attached hydrogens (tertiary/aromatic N) is 1. The van der Waals surface area contributed by atoms with E-state index in [0.29, 0.717) is 6.61 Å². The highest BCUT2D eigenvalue weighted by molar-refractivity contribution is 5.39. The number of likely N-dealkylation sites (N-methyl/N-ethyl adjacent to an activating group) is 1. The highest BCUT2D eigenvalue weighted by atomic mass is 16.5. The van der Waals surface area contributed by atoms with Crippen molar-refractivity contribution < 1.29 is 14.6 Å². The van der Waals surface area contributed by atoms with Gasteiger partial charge < -0.3 is 14.6 Å². The van der Waals surface area contributed by atoms with Crippen LogP contribution < -0.4 is 9.47 Å². The van der Waals surface area contributed by atoms with Gasteiger partial charge in [-0.1, -0.05) is 36.4 Å². The molecule has 0 fully saturated rings. The third-order valence-corrected chi connectivity index (χ3v) is 4.50. The first-order valence-corrected chi connectivity index (χ1v) is 7.92. The maximum absolute atomic E-state index is 10.5. The van der Waals surface area contributed by atoms with Gasteiger partial charge in [-0.05, 0) is 36.7 Å². The topological polar surface area (TPSA) is 41.9 Å². The molecule has 0 spiro atoms. The Labute approximate surface area is 137 Å². The molecule has 0 bridgehead atoms. The van der Waals surface area contributed by atoms with Gasteiger partial charge in [0.05, 0.1) is 13.2 Å². The van der Waals surface area contributed by atoms with Crippen molar-refractivity contribution >= 4 is 0 Å². The molecule has 1 aliphatic rings. The summed E-state index contributed by atoms with van der Waals surface area (Å²) >= 11 is 0. The Morgan fingerprint density at radius 3 is 2.52 bits per heavy atom. The number of ether oxygens (including phenoxy) is 2. The Morgan fingerprint density at radius 2 is 1.78 bits per heavy atom. The average molecular weight is 313 g/mol. The van der Waals surface area contributed by atoms with E-state index in [1.165, 1.54) is 5.56 Å². The lowest BCUT2D eigenvalue weighted by molar-refractivity contribution is 0.0680. The molecule has 2 unspecified atom stereocenters. The minimum absolute atomic E-state index is 0.105. The molecular weight excluding hydrogens is 290 g/mol. The van der Waals surface area contributed by atoms with Gasteiger partial charge in [0.15, 0.2) is 11.5 Å². The van der Waals surface area contributed by atoms with Crippen LogP contribution in [0.1, 0.15) is 17.2 Å². The van der Waals surface area contributed by atoms with Gasteiger partial charge in [-0.15, -0.1) is 0 Å². The van der Waals surface area contributed by atoms with Crippen LogP contribution in [-0.2, 0) is 6.42 Å². The zero-order chi connectivity index (χ0) is 16.2. The Balaban J connectivity index is 1.55. The smallest absolute Gasteiger partial charge is 0.161 e. The quantitative estimate of drug-likeness (QED) is 0.890. The number of rotatable bonds is 6. The molecule has 0 saturated heterocycles. The van der Waals surface area contributed by atoms with Crippen LogP contribution in [0.3, 0.4) is 0 Å². The molecule has 3 rings (SSSR count). The zero-order valence-electron chi connectivity index (χ0n) is 13.6. The lowest BCUT2D eigenvalue weighted by Crippen LogP contribution is -2.37. The van der Waals surface area contributed by atoms with Crippen molar-refractivity contribution in [2.75, 3.05) is 27.3 Å². The van der Waals surface area contributed by atoms with Crippen molar-refractivity contribution in [1.82, 2.24) is 4.90 Å². The molecule has 4 heteroatoms. The standard InChI is InChI=1S/C19H23NO3/c1-20(11-12-23-18-10-6-5-9-17(18)22-2)16-13-14-7-3-4-8-15(14)19(16)21/h3-10,16,19,21H,11-13H2,1-2H3. The fourth-order valence-electron chi connectivity index (χ4n) is 3.15. The van der Waals surface area contributed by atoms with Crippen LogP contribution in [0, 0.1) is 0 Å². The van der Waals surface area contributed by atoms with E-state index in [-0.39, 0.29) is 6.04 Å². The molecule has 122 valence electrons. The summed E-state index contributed by atoms with van der Waals surface area (Å²) in [6.07, 6.45) is 0.449. The Bertz CT molecular complexity index is 659. The maximum Gasteiger partial charge on any atom is 0.161 e. The summed E-state index contributed by atoms with van der Waals surface area (Å²) in [7, 11) is 3.67. The summed E-state index contributed by atoms with van der Waals surface area (Å²) in [6, 6.07) is 15.9. The molecule has 23 heavy (non-hydrogen) atoms. The van der Waals surface area contributed by atoms with Gasteiger partial charge in [0, 0.05) is 12.6 Å². The molecule has 2 aromatic rings. The molecule has 2 aromatic carbocycles. The van der Waals surface area contributed by atoms with Gasteiger partial charge in [-0.3, -0.25) is 4.90 Å². The van der Waals surface area contributed by atoms with E-state index in [4.69, 9.17) is 9.47 Å². The molecule has 0 aromatic heterocycles. The predicted octanol–water partition coefficient (Wildman–Crippen LogP) is 2.66. The number of fused-ring (bicyclic) bond motifs is 1. The largest absolute Gasteiger partial charge is 0.493 e. The maximum atomic E-state index is 10.5. The number of hydrogen-bond donors (Lipinski definition) is 1. The van der Waals surface area contributed by atoms with Gasteiger partial charge in [-0.2, -0.15) is 0 Å². The van der Waals surface area contributed by atoms with Crippen LogP contribution in [0.5, 0.6) is 11.5 Å². The minimum Gasteiger partial charge on any atom is -0.493 e. The van der Waals surface area contributed by atoms with Crippen molar-refractivity contribution in [3.63, 3.8) is 0 Å². The molecule has 0 aliphatic heterocycles. The van der Waals surface area contributed by atoms with E-state index in [1.54, 1.807) is 7.11 Å². The fraction of sp³-hybridized carbons (Fsp3) is 0.368. The second kappa shape index (κ2) is 7.02. The molecule has 4 nitrogen and oxygen atoms in total. The van der Waals surface area contributed by atoms with E-state index in [1.807, 2.05) is 49.5 Å². The normalized spacial score (nSPS) is 19.7. The van der Waals surface area contributed by atoms with Gasteiger partial charge >= 0.3 is 0 Å². The van der Waals surface area contributed by atoms with E-state index >= 15 is 0 Å². The number of para-hydroxylation sites is 2. The van der Waals surface area contributed by atoms with Gasteiger partial charge in [0.1, 0.15) is 6.61 Å². The minimum atomic E-state index is -0.428. The summed E-state index contributed by atoms with van der Waals surface area (Å²) in [5.41, 5.74) is 2.29. The third-order valence-electron chi connectivity index (χ3n) is 4.50. The molecule has 1 aliphatic carbocycles. The number of methoxy groups -OCH3 is 1. The zero-order valence-corrected chi connectivity index (χ0v) is 13.6. The lowest BCUT2D eigenvalue weighted by Gasteiger charge is -2.27. The number of benzene rings is 2. The molecule has 0 radical (unpaired) electrons. The molecule has 2 atom stereocenters. The van der Waals surface area contributed by atoms with Gasteiger partial charge in [0.2, 0.25) is 0 Å². The fourth-order valence-corrected chi connectivity index (χ4v) is 3.15. The molecule has 0 heterocycles. The second-order valence-corrected chi connectivity index (χ2v) is 5.90. The first-order valence-electron chi connectivity index (χ1n) is 7.92. The number of aliphatic hydroxyl groups excluding tert-OH is 1. The Morgan fingerprint density at radius 1 is 1.09 bits per heavy atom. The van der Waals surface area contributed by atoms with Crippen LogP contribution in [0.15, 0.2) is 48.5 Å². The molecule has 1 N–H and O–H groups in total. The monoisotopic (exact) mass is 313 g/mol. The SMILES string of the molecule is COc1ccccc1OCCN(C)C1Cc2ccccc2C1O. The molecular formula is C19H23NO3. The molecule has 0 amide bonds. The third kappa shape index (κ3) is 3.33. The van der Waals surface area contributed by atoms with Gasteiger partial charge in [0.25, 0.3) is 0 Å². The van der Waals surface area contributed by atoms with Crippen LogP contribution in [0.25, 0.3) is 0 Å². The van der Waals surface area contributed by atoms with Crippen LogP contribution in [0.2, 0.25) is 0 Å². The Kier molecular flexibility index (Phi) is 4.84. The van der Waals surface area contributed by atoms with E-state index in [2.05, 4.69) is 11.0 Å². The van der Waals surface area contributed by atoms with Gasteiger partial charge in [-0.25, -0.2) is 0 Å². The summed E-state index contributed by atoms with van der Waals surface area (Å²) in [6.45, 7) is 1.30. The highest BCUT2D eigenvalue weighted by Crippen LogP contribution is 2.33. The highest BCUT2D eigenvalue weighted by Gasteiger charge is 2.33. The second-order valence-electron chi connectivity index (χ2n) is 5.90. The van der Waals surface area contributed by atoms with Crippen LogP contribution in [0.4, 0.5) is 0 Å². The summed E-state index contributed by atoms with van der Waals surface area (Å²) in [4.78, 5) is 2.17. The lowest BCUT2D eigenvalue weighted by atomic mass is 10.1. The number of hydrogen-bond acceptors (Lipinski definition) is 4. The summed E-state index contributed by atoms with van der Waals surface area (Å²) < 4.78 is 11.1. The molecule has 0 saturated carbocycles. The summed E-state index contributed by atoms with van der Waals surface area (Å²) in [5, 5.41) is 10.5. The van der Waals surface area contributed by atoms with Crippen molar-refractivity contribution in [2.45, 2.75) is 18.6 Å².